The van der Waals surface area contributed by atoms with Crippen LogP contribution >= 0.6 is 11.3 Å². The summed E-state index contributed by atoms with van der Waals surface area (Å²) in [5, 5.41) is 5.09. The molecule has 1 aliphatic heterocycles. The third kappa shape index (κ3) is 2.58. The first-order chi connectivity index (χ1) is 8.83. The molecule has 2 aromatic rings. The van der Waals surface area contributed by atoms with Gasteiger partial charge in [-0.25, -0.2) is 0 Å². The largest absolute Gasteiger partial charge is 0.381 e. The Kier molecular flexibility index (Phi) is 3.64. The third-order valence-electron chi connectivity index (χ3n) is 3.58. The van der Waals surface area contributed by atoms with Gasteiger partial charge in [-0.05, 0) is 37.3 Å². The topological polar surface area (TPSA) is 21.3 Å². The van der Waals surface area contributed by atoms with E-state index in [9.17, 15) is 0 Å². The van der Waals surface area contributed by atoms with Crippen LogP contribution in [0.25, 0.3) is 10.1 Å². The molecule has 96 valence electrons. The van der Waals surface area contributed by atoms with Gasteiger partial charge in [-0.2, -0.15) is 0 Å². The fourth-order valence-electron chi connectivity index (χ4n) is 2.52. The van der Waals surface area contributed by atoms with E-state index in [0.29, 0.717) is 12.1 Å². The van der Waals surface area contributed by atoms with Crippen molar-refractivity contribution in [3.05, 3.63) is 35.2 Å². The molecule has 1 aliphatic rings. The average molecular weight is 261 g/mol. The van der Waals surface area contributed by atoms with Gasteiger partial charge < -0.3 is 10.1 Å². The molecular weight excluding hydrogens is 242 g/mol. The fraction of sp³-hybridized carbons (Fsp3) is 0.467. The second kappa shape index (κ2) is 5.39. The smallest absolute Gasteiger partial charge is 0.0480 e. The normalized spacial score (nSPS) is 19.2. The number of thiophene rings is 1. The van der Waals surface area contributed by atoms with Gasteiger partial charge in [0.2, 0.25) is 0 Å². The lowest BCUT2D eigenvalue weighted by molar-refractivity contribution is 0.0755. The van der Waals surface area contributed by atoms with Crippen molar-refractivity contribution >= 4 is 21.4 Å². The molecule has 1 aromatic carbocycles. The summed E-state index contributed by atoms with van der Waals surface area (Å²) in [6, 6.07) is 12.0. The van der Waals surface area contributed by atoms with Gasteiger partial charge in [-0.3, -0.25) is 0 Å². The lowest BCUT2D eigenvalue weighted by Crippen LogP contribution is -2.36. The maximum Gasteiger partial charge on any atom is 0.0480 e. The molecule has 1 saturated heterocycles. The lowest BCUT2D eigenvalue weighted by Gasteiger charge is -2.26. The number of rotatable bonds is 3. The minimum atomic E-state index is 0.436. The highest BCUT2D eigenvalue weighted by molar-refractivity contribution is 7.19. The number of benzene rings is 1. The van der Waals surface area contributed by atoms with Gasteiger partial charge in [0.25, 0.3) is 0 Å². The minimum Gasteiger partial charge on any atom is -0.381 e. The molecule has 2 heterocycles. The molecule has 0 radical (unpaired) electrons. The molecule has 1 atom stereocenters. The second-order valence-corrected chi connectivity index (χ2v) is 6.08. The number of hydrogen-bond donors (Lipinski definition) is 1. The molecule has 0 spiro atoms. The summed E-state index contributed by atoms with van der Waals surface area (Å²) in [7, 11) is 0. The highest BCUT2D eigenvalue weighted by atomic mass is 32.1. The van der Waals surface area contributed by atoms with Crippen LogP contribution in [0.4, 0.5) is 0 Å². The Hall–Kier alpha value is -0.900. The molecule has 2 nitrogen and oxygen atoms in total. The Balaban J connectivity index is 1.72. The van der Waals surface area contributed by atoms with Crippen LogP contribution in [0.3, 0.4) is 0 Å². The number of ether oxygens (including phenoxy) is 1. The van der Waals surface area contributed by atoms with E-state index in [0.717, 1.165) is 26.1 Å². The Morgan fingerprint density at radius 3 is 2.83 bits per heavy atom. The summed E-state index contributed by atoms with van der Waals surface area (Å²) in [5.41, 5.74) is 0. The van der Waals surface area contributed by atoms with E-state index < -0.39 is 0 Å². The van der Waals surface area contributed by atoms with Gasteiger partial charge in [-0.1, -0.05) is 18.2 Å². The summed E-state index contributed by atoms with van der Waals surface area (Å²) in [6.45, 7) is 4.06. The van der Waals surface area contributed by atoms with E-state index in [1.165, 1.54) is 15.0 Å². The maximum atomic E-state index is 5.40. The fourth-order valence-corrected chi connectivity index (χ4v) is 3.59. The highest BCUT2D eigenvalue weighted by Crippen LogP contribution is 2.30. The van der Waals surface area contributed by atoms with Crippen molar-refractivity contribution in [2.45, 2.75) is 31.8 Å². The zero-order chi connectivity index (χ0) is 12.4. The van der Waals surface area contributed by atoms with Crippen LogP contribution in [0, 0.1) is 0 Å². The van der Waals surface area contributed by atoms with E-state index >= 15 is 0 Å². The first kappa shape index (κ1) is 12.2. The maximum absolute atomic E-state index is 5.40. The lowest BCUT2D eigenvalue weighted by atomic mass is 10.1. The van der Waals surface area contributed by atoms with Crippen LogP contribution in [0.2, 0.25) is 0 Å². The van der Waals surface area contributed by atoms with Gasteiger partial charge in [0, 0.05) is 34.9 Å². The predicted octanol–water partition coefficient (Wildman–Crippen LogP) is 3.73. The third-order valence-corrected chi connectivity index (χ3v) is 4.88. The Morgan fingerprint density at radius 1 is 1.28 bits per heavy atom. The van der Waals surface area contributed by atoms with Crippen LogP contribution in [0.1, 0.15) is 30.7 Å². The standard InChI is InChI=1S/C15H19NOS/c1-11(16-13-6-8-17-9-7-13)15-10-12-4-2-3-5-14(12)18-15/h2-5,10-11,13,16H,6-9H2,1H3. The van der Waals surface area contributed by atoms with Crippen LogP contribution < -0.4 is 5.32 Å². The Bertz CT molecular complexity index is 483. The molecule has 1 N–H and O–H groups in total. The molecule has 1 aromatic heterocycles. The van der Waals surface area contributed by atoms with E-state index in [-0.39, 0.29) is 0 Å². The van der Waals surface area contributed by atoms with Gasteiger partial charge in [-0.15, -0.1) is 11.3 Å². The number of nitrogens with one attached hydrogen (secondary N) is 1. The van der Waals surface area contributed by atoms with Crippen molar-refractivity contribution in [3.63, 3.8) is 0 Å². The van der Waals surface area contributed by atoms with Crippen molar-refractivity contribution in [2.24, 2.45) is 0 Å². The summed E-state index contributed by atoms with van der Waals surface area (Å²) in [4.78, 5) is 1.43. The highest BCUT2D eigenvalue weighted by Gasteiger charge is 2.17. The van der Waals surface area contributed by atoms with Crippen LogP contribution in [-0.4, -0.2) is 19.3 Å². The predicted molar refractivity (Wildman–Crippen MR) is 77.2 cm³/mol. The van der Waals surface area contributed by atoms with Crippen LogP contribution in [0.15, 0.2) is 30.3 Å². The molecule has 0 bridgehead atoms. The van der Waals surface area contributed by atoms with Gasteiger partial charge in [0.15, 0.2) is 0 Å². The molecule has 0 aliphatic carbocycles. The first-order valence-corrected chi connectivity index (χ1v) is 7.47. The molecule has 3 heteroatoms. The average Bonchev–Trinajstić information content (AvgIpc) is 2.84. The van der Waals surface area contributed by atoms with Crippen molar-refractivity contribution in [1.29, 1.82) is 0 Å². The molecule has 1 unspecified atom stereocenters. The van der Waals surface area contributed by atoms with Crippen LogP contribution in [-0.2, 0) is 4.74 Å². The van der Waals surface area contributed by atoms with Gasteiger partial charge in [0.05, 0.1) is 0 Å². The molecular formula is C15H19NOS. The second-order valence-electron chi connectivity index (χ2n) is 4.96. The summed E-state index contributed by atoms with van der Waals surface area (Å²) in [6.07, 6.45) is 2.27. The quantitative estimate of drug-likeness (QED) is 0.909. The van der Waals surface area contributed by atoms with E-state index in [2.05, 4.69) is 42.6 Å². The zero-order valence-corrected chi connectivity index (χ0v) is 11.5. The van der Waals surface area contributed by atoms with Gasteiger partial charge in [0.1, 0.15) is 0 Å². The number of hydrogen-bond acceptors (Lipinski definition) is 3. The molecule has 3 rings (SSSR count). The SMILES string of the molecule is CC(NC1CCOCC1)c1cc2ccccc2s1. The first-order valence-electron chi connectivity index (χ1n) is 6.65. The zero-order valence-electron chi connectivity index (χ0n) is 10.7. The number of fused-ring (bicyclic) bond motifs is 1. The summed E-state index contributed by atoms with van der Waals surface area (Å²) in [5.74, 6) is 0. The van der Waals surface area contributed by atoms with Crippen LogP contribution in [0.5, 0.6) is 0 Å². The van der Waals surface area contributed by atoms with E-state index in [1.54, 1.807) is 0 Å². The summed E-state index contributed by atoms with van der Waals surface area (Å²) < 4.78 is 6.78. The Labute approximate surface area is 112 Å². The summed E-state index contributed by atoms with van der Waals surface area (Å²) >= 11 is 1.90. The van der Waals surface area contributed by atoms with Crippen molar-refractivity contribution < 1.29 is 4.74 Å². The van der Waals surface area contributed by atoms with E-state index in [1.807, 2.05) is 11.3 Å². The molecule has 0 amide bonds. The minimum absolute atomic E-state index is 0.436. The van der Waals surface area contributed by atoms with Crippen molar-refractivity contribution in [2.75, 3.05) is 13.2 Å². The van der Waals surface area contributed by atoms with Crippen molar-refractivity contribution in [3.8, 4) is 0 Å². The molecule has 18 heavy (non-hydrogen) atoms. The van der Waals surface area contributed by atoms with E-state index in [4.69, 9.17) is 4.74 Å². The Morgan fingerprint density at radius 2 is 2.06 bits per heavy atom. The molecule has 1 fully saturated rings. The molecule has 0 saturated carbocycles. The monoisotopic (exact) mass is 261 g/mol. The van der Waals surface area contributed by atoms with Crippen molar-refractivity contribution in [1.82, 2.24) is 5.32 Å². The van der Waals surface area contributed by atoms with Gasteiger partial charge >= 0.3 is 0 Å².